The van der Waals surface area contributed by atoms with Gasteiger partial charge < -0.3 is 9.47 Å². The van der Waals surface area contributed by atoms with Crippen LogP contribution >= 0.6 is 0 Å². The third-order valence-electron chi connectivity index (χ3n) is 3.67. The van der Waals surface area contributed by atoms with E-state index >= 15 is 0 Å². The summed E-state index contributed by atoms with van der Waals surface area (Å²) in [5.41, 5.74) is 2.29. The number of ketones is 1. The third kappa shape index (κ3) is 4.00. The summed E-state index contributed by atoms with van der Waals surface area (Å²) in [6.07, 6.45) is 2.56. The fourth-order valence-corrected chi connectivity index (χ4v) is 3.18. The molecule has 0 saturated carbocycles. The number of nitriles is 1. The highest BCUT2D eigenvalue weighted by Gasteiger charge is 2.19. The van der Waals surface area contributed by atoms with Crippen molar-refractivity contribution in [2.75, 3.05) is 25.1 Å². The Kier molecular flexibility index (Phi) is 4.90. The average molecular weight is 360 g/mol. The zero-order chi connectivity index (χ0) is 18.9. The summed E-state index contributed by atoms with van der Waals surface area (Å²) in [6.45, 7) is 1.79. The quantitative estimate of drug-likeness (QED) is 0.500. The van der Waals surface area contributed by atoms with E-state index in [2.05, 4.69) is 4.72 Å². The Labute approximate surface area is 147 Å². The second kappa shape index (κ2) is 6.61. The monoisotopic (exact) mass is 360 g/mol. The Bertz CT molecular complexity index is 1020. The first-order valence-corrected chi connectivity index (χ1v) is 9.33. The summed E-state index contributed by atoms with van der Waals surface area (Å²) in [6, 6.07) is 7.12. The number of sulfonamides is 1. The van der Waals surface area contributed by atoms with Crippen LogP contribution in [0.2, 0.25) is 0 Å². The lowest BCUT2D eigenvalue weighted by atomic mass is 10.1. The molecule has 0 spiro atoms. The summed E-state index contributed by atoms with van der Waals surface area (Å²) in [7, 11) is 1.77. The van der Waals surface area contributed by atoms with Gasteiger partial charge in [-0.15, -0.1) is 0 Å². The molecular weight excluding hydrogens is 340 g/mol. The minimum absolute atomic E-state index is 0.0297. The summed E-state index contributed by atoms with van der Waals surface area (Å²) in [5, 5.41) is 10.0. The predicted octanol–water partition coefficient (Wildman–Crippen LogP) is 2.01. The Morgan fingerprint density at radius 3 is 2.48 bits per heavy atom. The second-order valence-corrected chi connectivity index (χ2v) is 7.88. The molecule has 7 nitrogen and oxygen atoms in total. The zero-order valence-corrected chi connectivity index (χ0v) is 15.6. The topological polar surface area (TPSA) is 95.2 Å². The standard InChI is InChI=1S/C17H20N4O3S/c1-11-6-12-7-16(17(22)13(9-18)10-20(2)3)21(4)15(12)8-14(11)19-25(5,23)24/h6-8,10,19H,1-5H3/b13-10+. The first kappa shape index (κ1) is 18.5. The van der Waals surface area contributed by atoms with Crippen LogP contribution in [-0.4, -0.2) is 44.0 Å². The van der Waals surface area contributed by atoms with Crippen molar-refractivity contribution < 1.29 is 13.2 Å². The molecular formula is C17H20N4O3S. The highest BCUT2D eigenvalue weighted by Crippen LogP contribution is 2.27. The van der Waals surface area contributed by atoms with Crippen LogP contribution in [0.25, 0.3) is 10.9 Å². The van der Waals surface area contributed by atoms with Crippen LogP contribution in [-0.2, 0) is 17.1 Å². The lowest BCUT2D eigenvalue weighted by molar-refractivity contribution is 0.103. The molecule has 0 aliphatic rings. The molecule has 0 radical (unpaired) electrons. The molecule has 0 aliphatic carbocycles. The summed E-state index contributed by atoms with van der Waals surface area (Å²) >= 11 is 0. The van der Waals surface area contributed by atoms with Gasteiger partial charge in [-0.25, -0.2) is 8.42 Å². The van der Waals surface area contributed by atoms with Crippen LogP contribution in [0.3, 0.4) is 0 Å². The SMILES string of the molecule is Cc1cc2cc(C(=O)/C(C#N)=C/N(C)C)n(C)c2cc1NS(C)(=O)=O. The molecule has 8 heteroatoms. The van der Waals surface area contributed by atoms with Crippen molar-refractivity contribution in [1.82, 2.24) is 9.47 Å². The molecule has 0 fully saturated rings. The number of hydrogen-bond acceptors (Lipinski definition) is 5. The van der Waals surface area contributed by atoms with Gasteiger partial charge in [-0.3, -0.25) is 9.52 Å². The number of anilines is 1. The smallest absolute Gasteiger partial charge is 0.229 e. The Hall–Kier alpha value is -2.79. The highest BCUT2D eigenvalue weighted by molar-refractivity contribution is 7.92. The van der Waals surface area contributed by atoms with Gasteiger partial charge >= 0.3 is 0 Å². The molecule has 0 aliphatic heterocycles. The van der Waals surface area contributed by atoms with Crippen molar-refractivity contribution in [3.05, 3.63) is 41.2 Å². The number of fused-ring (bicyclic) bond motifs is 1. The molecule has 1 aromatic carbocycles. The molecule has 132 valence electrons. The van der Waals surface area contributed by atoms with Gasteiger partial charge in [0.25, 0.3) is 0 Å². The van der Waals surface area contributed by atoms with E-state index < -0.39 is 10.0 Å². The Balaban J connectivity index is 2.60. The summed E-state index contributed by atoms with van der Waals surface area (Å²) in [5.74, 6) is -0.384. The zero-order valence-electron chi connectivity index (χ0n) is 14.8. The van der Waals surface area contributed by atoms with E-state index in [1.807, 2.05) is 6.07 Å². The number of allylic oxidation sites excluding steroid dienone is 1. The molecule has 0 bridgehead atoms. The number of nitrogens with zero attached hydrogens (tertiary/aromatic N) is 3. The van der Waals surface area contributed by atoms with E-state index in [0.29, 0.717) is 16.9 Å². The number of hydrogen-bond donors (Lipinski definition) is 1. The molecule has 0 unspecified atom stereocenters. The van der Waals surface area contributed by atoms with E-state index in [4.69, 9.17) is 0 Å². The minimum atomic E-state index is -3.41. The van der Waals surface area contributed by atoms with Crippen LogP contribution in [0.5, 0.6) is 0 Å². The van der Waals surface area contributed by atoms with Gasteiger partial charge in [0, 0.05) is 32.7 Å². The van der Waals surface area contributed by atoms with E-state index in [1.165, 1.54) is 6.20 Å². The van der Waals surface area contributed by atoms with Gasteiger partial charge in [-0.1, -0.05) is 0 Å². The molecule has 1 heterocycles. The molecule has 2 aromatic rings. The fourth-order valence-electron chi connectivity index (χ4n) is 2.56. The fraction of sp³-hybridized carbons (Fsp3) is 0.294. The molecule has 1 aromatic heterocycles. The molecule has 0 amide bonds. The molecule has 0 saturated heterocycles. The number of aromatic nitrogens is 1. The summed E-state index contributed by atoms with van der Waals surface area (Å²) < 4.78 is 27.1. The van der Waals surface area contributed by atoms with E-state index in [9.17, 15) is 18.5 Å². The van der Waals surface area contributed by atoms with Crippen LogP contribution in [0.4, 0.5) is 5.69 Å². The number of carbonyl (C=O) groups excluding carboxylic acids is 1. The maximum Gasteiger partial charge on any atom is 0.229 e. The molecule has 25 heavy (non-hydrogen) atoms. The maximum atomic E-state index is 12.7. The summed E-state index contributed by atoms with van der Waals surface area (Å²) in [4.78, 5) is 14.3. The van der Waals surface area contributed by atoms with Gasteiger partial charge in [0.15, 0.2) is 0 Å². The third-order valence-corrected chi connectivity index (χ3v) is 4.26. The predicted molar refractivity (Wildman–Crippen MR) is 97.8 cm³/mol. The lowest BCUT2D eigenvalue weighted by Gasteiger charge is -2.09. The largest absolute Gasteiger partial charge is 0.382 e. The van der Waals surface area contributed by atoms with Crippen LogP contribution in [0, 0.1) is 18.3 Å². The molecule has 1 N–H and O–H groups in total. The number of aryl methyl sites for hydroxylation is 2. The Morgan fingerprint density at radius 2 is 1.96 bits per heavy atom. The van der Waals surface area contributed by atoms with Gasteiger partial charge in [0.2, 0.25) is 15.8 Å². The molecule has 0 atom stereocenters. The van der Waals surface area contributed by atoms with Crippen LogP contribution < -0.4 is 4.72 Å². The van der Waals surface area contributed by atoms with E-state index in [1.54, 1.807) is 55.7 Å². The van der Waals surface area contributed by atoms with Gasteiger partial charge in [0.1, 0.15) is 11.6 Å². The first-order valence-electron chi connectivity index (χ1n) is 7.44. The molecule has 2 rings (SSSR count). The minimum Gasteiger partial charge on any atom is -0.382 e. The number of Topliss-reactive ketones (excluding diaryl/α,β-unsaturated/α-hetero) is 1. The Morgan fingerprint density at radius 1 is 1.32 bits per heavy atom. The van der Waals surface area contributed by atoms with Crippen molar-refractivity contribution in [3.8, 4) is 6.07 Å². The van der Waals surface area contributed by atoms with E-state index in [-0.39, 0.29) is 11.4 Å². The number of carbonyl (C=O) groups is 1. The maximum absolute atomic E-state index is 12.7. The van der Waals surface area contributed by atoms with Crippen molar-refractivity contribution in [2.24, 2.45) is 7.05 Å². The van der Waals surface area contributed by atoms with Gasteiger partial charge in [0.05, 0.1) is 23.2 Å². The van der Waals surface area contributed by atoms with Crippen LogP contribution in [0.1, 0.15) is 16.1 Å². The van der Waals surface area contributed by atoms with Crippen LogP contribution in [0.15, 0.2) is 30.0 Å². The van der Waals surface area contributed by atoms with Crippen molar-refractivity contribution in [3.63, 3.8) is 0 Å². The van der Waals surface area contributed by atoms with Crippen molar-refractivity contribution >= 4 is 32.4 Å². The number of nitrogens with one attached hydrogen (secondary N) is 1. The van der Waals surface area contributed by atoms with Crippen molar-refractivity contribution in [1.29, 1.82) is 5.26 Å². The second-order valence-electron chi connectivity index (χ2n) is 6.14. The average Bonchev–Trinajstić information content (AvgIpc) is 2.79. The lowest BCUT2D eigenvalue weighted by Crippen LogP contribution is -2.12. The first-order chi connectivity index (χ1) is 11.5. The van der Waals surface area contributed by atoms with Crippen molar-refractivity contribution in [2.45, 2.75) is 6.92 Å². The van der Waals surface area contributed by atoms with Gasteiger partial charge in [-0.05, 0) is 30.7 Å². The highest BCUT2D eigenvalue weighted by atomic mass is 32.2. The number of rotatable bonds is 5. The van der Waals surface area contributed by atoms with E-state index in [0.717, 1.165) is 17.2 Å². The van der Waals surface area contributed by atoms with Gasteiger partial charge in [-0.2, -0.15) is 5.26 Å². The normalized spacial score (nSPS) is 12.1. The number of benzene rings is 1.